The van der Waals surface area contributed by atoms with Crippen molar-refractivity contribution in [3.05, 3.63) is 22.8 Å². The minimum atomic E-state index is -0.132. The van der Waals surface area contributed by atoms with Crippen LogP contribution in [0.4, 0.5) is 0 Å². The second-order valence-electron chi connectivity index (χ2n) is 8.74. The number of carbonyl (C=O) groups is 2. The molecular weight excluding hydrogens is 284 g/mol. The zero-order valence-electron chi connectivity index (χ0n) is 14.7. The molecule has 0 unspecified atom stereocenters. The van der Waals surface area contributed by atoms with Gasteiger partial charge in [-0.3, -0.25) is 9.59 Å². The summed E-state index contributed by atoms with van der Waals surface area (Å²) in [6.07, 6.45) is 10.4. The summed E-state index contributed by atoms with van der Waals surface area (Å²) < 4.78 is 0. The maximum Gasteiger partial charge on any atom is 0.156 e. The van der Waals surface area contributed by atoms with Gasteiger partial charge in [-0.2, -0.15) is 0 Å². The first kappa shape index (κ1) is 15.4. The summed E-state index contributed by atoms with van der Waals surface area (Å²) in [5.74, 6) is 2.02. The van der Waals surface area contributed by atoms with Gasteiger partial charge in [0, 0.05) is 11.8 Å². The monoisotopic (exact) mass is 312 g/mol. The summed E-state index contributed by atoms with van der Waals surface area (Å²) >= 11 is 0. The number of carbonyl (C=O) groups excluding carboxylic acids is 2. The molecule has 0 aromatic carbocycles. The number of ketones is 2. The van der Waals surface area contributed by atoms with Gasteiger partial charge in [0.2, 0.25) is 0 Å². The summed E-state index contributed by atoms with van der Waals surface area (Å²) in [4.78, 5) is 24.1. The molecule has 0 heterocycles. The Morgan fingerprint density at radius 3 is 2.61 bits per heavy atom. The molecule has 0 bridgehead atoms. The van der Waals surface area contributed by atoms with E-state index >= 15 is 0 Å². The van der Waals surface area contributed by atoms with Crippen LogP contribution in [0.5, 0.6) is 0 Å². The zero-order chi connectivity index (χ0) is 16.4. The van der Waals surface area contributed by atoms with Crippen LogP contribution in [0.15, 0.2) is 22.8 Å². The standard InChI is InChI=1S/C21H28O2/c1-13(22)20(2)11-9-19-18-6-4-14-12-15(23)5-7-16(14)17(18)8-10-21(19,20)3/h12,18-19H,4-11H2,1-3H3/t18-,19-,20+,21-/m1/s1. The lowest BCUT2D eigenvalue weighted by atomic mass is 9.52. The van der Waals surface area contributed by atoms with Gasteiger partial charge in [-0.05, 0) is 86.3 Å². The van der Waals surface area contributed by atoms with Crippen molar-refractivity contribution in [2.75, 3.05) is 0 Å². The molecule has 4 rings (SSSR count). The predicted octanol–water partition coefficient (Wildman–Crippen LogP) is 4.79. The quantitative estimate of drug-likeness (QED) is 0.697. The van der Waals surface area contributed by atoms with Crippen LogP contribution in [-0.2, 0) is 9.59 Å². The Bertz CT molecular complexity index is 653. The molecule has 0 aliphatic heterocycles. The summed E-state index contributed by atoms with van der Waals surface area (Å²) in [5.41, 5.74) is 4.55. The van der Waals surface area contributed by atoms with Crippen LogP contribution in [0.1, 0.15) is 72.1 Å². The normalized spacial score (nSPS) is 42.7. The van der Waals surface area contributed by atoms with E-state index in [9.17, 15) is 9.59 Å². The van der Waals surface area contributed by atoms with E-state index < -0.39 is 0 Å². The highest BCUT2D eigenvalue weighted by atomic mass is 16.1. The van der Waals surface area contributed by atoms with E-state index in [1.807, 2.05) is 6.08 Å². The van der Waals surface area contributed by atoms with Crippen LogP contribution in [-0.4, -0.2) is 11.6 Å². The van der Waals surface area contributed by atoms with E-state index in [0.717, 1.165) is 32.1 Å². The first-order valence-electron chi connectivity index (χ1n) is 9.33. The number of allylic oxidation sites excluding steroid dienone is 4. The molecule has 0 radical (unpaired) electrons. The predicted molar refractivity (Wildman–Crippen MR) is 90.9 cm³/mol. The van der Waals surface area contributed by atoms with Crippen LogP contribution in [0, 0.1) is 22.7 Å². The van der Waals surface area contributed by atoms with Gasteiger partial charge in [0.15, 0.2) is 5.78 Å². The highest BCUT2D eigenvalue weighted by Gasteiger charge is 2.60. The zero-order valence-corrected chi connectivity index (χ0v) is 14.7. The largest absolute Gasteiger partial charge is 0.299 e. The first-order chi connectivity index (χ1) is 10.9. The summed E-state index contributed by atoms with van der Waals surface area (Å²) in [7, 11) is 0. The molecule has 4 aliphatic carbocycles. The van der Waals surface area contributed by atoms with Gasteiger partial charge in [0.1, 0.15) is 5.78 Å². The van der Waals surface area contributed by atoms with Crippen LogP contribution in [0.2, 0.25) is 0 Å². The fourth-order valence-electron chi connectivity index (χ4n) is 6.38. The highest BCUT2D eigenvalue weighted by molar-refractivity contribution is 5.93. The lowest BCUT2D eigenvalue weighted by Gasteiger charge is -2.52. The van der Waals surface area contributed by atoms with Crippen LogP contribution < -0.4 is 0 Å². The van der Waals surface area contributed by atoms with E-state index in [1.54, 1.807) is 12.5 Å². The van der Waals surface area contributed by atoms with Crippen molar-refractivity contribution in [3.8, 4) is 0 Å². The third kappa shape index (κ3) is 1.93. The number of hydrogen-bond donors (Lipinski definition) is 0. The molecular formula is C21H28O2. The minimum Gasteiger partial charge on any atom is -0.299 e. The lowest BCUT2D eigenvalue weighted by molar-refractivity contribution is -0.134. The van der Waals surface area contributed by atoms with Crippen LogP contribution >= 0.6 is 0 Å². The minimum absolute atomic E-state index is 0.132. The topological polar surface area (TPSA) is 34.1 Å². The van der Waals surface area contributed by atoms with Crippen molar-refractivity contribution in [1.29, 1.82) is 0 Å². The van der Waals surface area contributed by atoms with Gasteiger partial charge < -0.3 is 0 Å². The molecule has 2 nitrogen and oxygen atoms in total. The highest BCUT2D eigenvalue weighted by Crippen LogP contribution is 2.66. The van der Waals surface area contributed by atoms with E-state index in [1.165, 1.54) is 24.0 Å². The van der Waals surface area contributed by atoms with Crippen LogP contribution in [0.3, 0.4) is 0 Å². The molecule has 2 saturated carbocycles. The van der Waals surface area contributed by atoms with Gasteiger partial charge in [0.05, 0.1) is 0 Å². The van der Waals surface area contributed by atoms with E-state index in [-0.39, 0.29) is 10.8 Å². The molecule has 4 aliphatic rings. The Balaban J connectivity index is 1.74. The molecule has 0 N–H and O–H groups in total. The van der Waals surface area contributed by atoms with Crippen LogP contribution in [0.25, 0.3) is 0 Å². The van der Waals surface area contributed by atoms with Gasteiger partial charge >= 0.3 is 0 Å². The second kappa shape index (κ2) is 4.91. The van der Waals surface area contributed by atoms with E-state index in [2.05, 4.69) is 13.8 Å². The molecule has 0 aromatic heterocycles. The third-order valence-electron chi connectivity index (χ3n) is 8.11. The summed E-state index contributed by atoms with van der Waals surface area (Å²) in [6, 6.07) is 0. The molecule has 23 heavy (non-hydrogen) atoms. The Kier molecular flexibility index (Phi) is 3.28. The fourth-order valence-corrected chi connectivity index (χ4v) is 6.38. The second-order valence-corrected chi connectivity index (χ2v) is 8.74. The number of hydrogen-bond acceptors (Lipinski definition) is 2. The number of rotatable bonds is 1. The van der Waals surface area contributed by atoms with Crippen molar-refractivity contribution in [2.24, 2.45) is 22.7 Å². The van der Waals surface area contributed by atoms with Gasteiger partial charge in [-0.1, -0.05) is 19.4 Å². The maximum absolute atomic E-state index is 12.4. The fraction of sp³-hybridized carbons (Fsp3) is 0.714. The van der Waals surface area contributed by atoms with Gasteiger partial charge in [-0.15, -0.1) is 0 Å². The molecule has 0 amide bonds. The van der Waals surface area contributed by atoms with Crippen molar-refractivity contribution >= 4 is 11.6 Å². The third-order valence-corrected chi connectivity index (χ3v) is 8.11. The van der Waals surface area contributed by atoms with Crippen molar-refractivity contribution in [2.45, 2.75) is 72.1 Å². The van der Waals surface area contributed by atoms with E-state index in [4.69, 9.17) is 0 Å². The molecule has 0 spiro atoms. The van der Waals surface area contributed by atoms with Crippen molar-refractivity contribution < 1.29 is 9.59 Å². The molecule has 4 atom stereocenters. The van der Waals surface area contributed by atoms with E-state index in [0.29, 0.717) is 29.8 Å². The van der Waals surface area contributed by atoms with Crippen molar-refractivity contribution in [3.63, 3.8) is 0 Å². The van der Waals surface area contributed by atoms with Gasteiger partial charge in [-0.25, -0.2) is 0 Å². The molecule has 2 fully saturated rings. The Hall–Kier alpha value is -1.18. The Morgan fingerprint density at radius 2 is 1.87 bits per heavy atom. The maximum atomic E-state index is 12.4. The SMILES string of the molecule is CC(=O)[C@]1(C)CC[C@@H]2[C@@H]3CCC4=CC(=O)CCC4=C3CC[C@]21C. The average molecular weight is 312 g/mol. The molecule has 124 valence electrons. The van der Waals surface area contributed by atoms with Gasteiger partial charge in [0.25, 0.3) is 0 Å². The molecule has 2 heteroatoms. The number of Topliss-reactive ketones (excluding diaryl/α,β-unsaturated/α-hetero) is 1. The van der Waals surface area contributed by atoms with Crippen molar-refractivity contribution in [1.82, 2.24) is 0 Å². The summed E-state index contributed by atoms with van der Waals surface area (Å²) in [6.45, 7) is 6.42. The number of fused-ring (bicyclic) bond motifs is 4. The Morgan fingerprint density at radius 1 is 1.09 bits per heavy atom. The lowest BCUT2D eigenvalue weighted by Crippen LogP contribution is -2.47. The Labute approximate surface area is 139 Å². The molecule has 0 aromatic rings. The first-order valence-corrected chi connectivity index (χ1v) is 9.33. The summed E-state index contributed by atoms with van der Waals surface area (Å²) in [5, 5.41) is 0. The smallest absolute Gasteiger partial charge is 0.156 e. The average Bonchev–Trinajstić information content (AvgIpc) is 2.80. The molecule has 0 saturated heterocycles.